The number of nitrogens with two attached hydrogens (primary N) is 4. The molecular formula is C12H28N6O2. The molecule has 0 aliphatic carbocycles. The zero-order chi connectivity index (χ0) is 16.1. The molecule has 0 saturated carbocycles. The van der Waals surface area contributed by atoms with E-state index in [0.717, 1.165) is 5.92 Å². The van der Waals surface area contributed by atoms with Crippen molar-refractivity contribution in [1.82, 2.24) is 5.32 Å². The number of rotatable bonds is 7. The summed E-state index contributed by atoms with van der Waals surface area (Å²) in [6.07, 6.45) is 1.02. The Bertz CT molecular complexity index is 310. The van der Waals surface area contributed by atoms with Crippen molar-refractivity contribution in [2.24, 2.45) is 33.8 Å². The Kier molecular flexibility index (Phi) is 12.5. The Morgan fingerprint density at radius 1 is 1.15 bits per heavy atom. The van der Waals surface area contributed by atoms with E-state index in [0.29, 0.717) is 19.4 Å². The third-order valence-electron chi connectivity index (χ3n) is 1.74. The quantitative estimate of drug-likeness (QED) is 0.221. The summed E-state index contributed by atoms with van der Waals surface area (Å²) in [4.78, 5) is 25.4. The molecule has 118 valence electrons. The molecule has 0 aromatic heterocycles. The monoisotopic (exact) mass is 288 g/mol. The maximum atomic E-state index is 11.2. The van der Waals surface area contributed by atoms with Crippen LogP contribution in [0.1, 0.15) is 33.6 Å². The molecule has 0 fully saturated rings. The molecule has 0 aliphatic rings. The number of carbonyl (C=O) groups excluding carboxylic acids is 2. The van der Waals surface area contributed by atoms with E-state index in [2.05, 4.69) is 31.1 Å². The molecule has 0 spiro atoms. The summed E-state index contributed by atoms with van der Waals surface area (Å²) in [5, 5.41) is 2.31. The fraction of sp³-hybridized carbons (Fsp3) is 0.750. The Hall–Kier alpha value is -1.83. The number of hydrogen-bond donors (Lipinski definition) is 5. The smallest absolute Gasteiger partial charge is 0.237 e. The number of nitrogens with one attached hydrogen (secondary N) is 1. The molecule has 9 N–H and O–H groups in total. The summed E-state index contributed by atoms with van der Waals surface area (Å²) in [5.74, 6) is -0.184. The highest BCUT2D eigenvalue weighted by molar-refractivity contribution is 5.86. The lowest BCUT2D eigenvalue weighted by atomic mass is 10.1. The van der Waals surface area contributed by atoms with Gasteiger partial charge in [-0.1, -0.05) is 20.8 Å². The minimum absolute atomic E-state index is 0.00625. The van der Waals surface area contributed by atoms with Gasteiger partial charge in [-0.05, 0) is 18.8 Å². The number of guanidine groups is 1. The van der Waals surface area contributed by atoms with E-state index in [1.54, 1.807) is 0 Å². The topological polar surface area (TPSA) is 163 Å². The van der Waals surface area contributed by atoms with Gasteiger partial charge in [-0.15, -0.1) is 0 Å². The number of carbonyl (C=O) groups is 2. The molecule has 1 atom stereocenters. The van der Waals surface area contributed by atoms with E-state index in [9.17, 15) is 9.59 Å². The lowest BCUT2D eigenvalue weighted by Gasteiger charge is -2.10. The molecule has 0 aliphatic heterocycles. The predicted molar refractivity (Wildman–Crippen MR) is 80.6 cm³/mol. The molecule has 1 unspecified atom stereocenters. The van der Waals surface area contributed by atoms with Crippen molar-refractivity contribution in [1.29, 1.82) is 0 Å². The Morgan fingerprint density at radius 3 is 2.05 bits per heavy atom. The van der Waals surface area contributed by atoms with Crippen molar-refractivity contribution in [3.05, 3.63) is 0 Å². The van der Waals surface area contributed by atoms with Gasteiger partial charge in [0, 0.05) is 6.54 Å². The third kappa shape index (κ3) is 18.5. The van der Waals surface area contributed by atoms with E-state index in [1.807, 2.05) is 0 Å². The number of nitrogens with zero attached hydrogens (tertiary/aromatic N) is 1. The highest BCUT2D eigenvalue weighted by Gasteiger charge is 2.12. The summed E-state index contributed by atoms with van der Waals surface area (Å²) in [7, 11) is 0. The third-order valence-corrected chi connectivity index (χ3v) is 1.74. The second-order valence-electron chi connectivity index (χ2n) is 4.97. The molecule has 8 heteroatoms. The maximum Gasteiger partial charge on any atom is 0.237 e. The first-order valence-electron chi connectivity index (χ1n) is 6.53. The molecule has 0 heterocycles. The van der Waals surface area contributed by atoms with Gasteiger partial charge in [-0.25, -0.2) is 0 Å². The maximum absolute atomic E-state index is 11.2. The average Bonchev–Trinajstić information content (AvgIpc) is 2.30. The van der Waals surface area contributed by atoms with E-state index in [-0.39, 0.29) is 12.5 Å². The van der Waals surface area contributed by atoms with Crippen molar-refractivity contribution >= 4 is 17.8 Å². The van der Waals surface area contributed by atoms with Gasteiger partial charge in [0.25, 0.3) is 0 Å². The van der Waals surface area contributed by atoms with Crippen molar-refractivity contribution in [2.45, 2.75) is 39.7 Å². The first kappa shape index (κ1) is 20.5. The largest absolute Gasteiger partial charge is 0.370 e. The second kappa shape index (κ2) is 12.2. The van der Waals surface area contributed by atoms with Crippen LogP contribution in [0.3, 0.4) is 0 Å². The van der Waals surface area contributed by atoms with Crippen LogP contribution in [0.2, 0.25) is 0 Å². The number of amides is 2. The first-order chi connectivity index (χ1) is 9.16. The van der Waals surface area contributed by atoms with E-state index in [1.165, 1.54) is 0 Å². The molecule has 0 aromatic carbocycles. The van der Waals surface area contributed by atoms with Crippen LogP contribution >= 0.6 is 0 Å². The van der Waals surface area contributed by atoms with Crippen LogP contribution < -0.4 is 28.3 Å². The van der Waals surface area contributed by atoms with Crippen LogP contribution in [-0.4, -0.2) is 36.9 Å². The number of aliphatic imine (C=N–C) groups is 1. The summed E-state index contributed by atoms with van der Waals surface area (Å²) < 4.78 is 0. The van der Waals surface area contributed by atoms with Gasteiger partial charge < -0.3 is 28.3 Å². The molecule has 2 amide bonds. The van der Waals surface area contributed by atoms with E-state index < -0.39 is 17.9 Å². The van der Waals surface area contributed by atoms with Crippen LogP contribution in [0, 0.1) is 5.92 Å². The zero-order valence-corrected chi connectivity index (χ0v) is 12.6. The van der Waals surface area contributed by atoms with Gasteiger partial charge in [0.05, 0.1) is 12.6 Å². The summed E-state index contributed by atoms with van der Waals surface area (Å²) in [6.45, 7) is 6.71. The van der Waals surface area contributed by atoms with Gasteiger partial charge in [0.15, 0.2) is 5.96 Å². The SMILES string of the molecule is CC(C)C.NC(=O)CNC(=O)C(N)CCCN=C(N)N. The van der Waals surface area contributed by atoms with Crippen LogP contribution in [0.25, 0.3) is 0 Å². The summed E-state index contributed by atoms with van der Waals surface area (Å²) >= 11 is 0. The van der Waals surface area contributed by atoms with Gasteiger partial charge >= 0.3 is 0 Å². The average molecular weight is 288 g/mol. The lowest BCUT2D eigenvalue weighted by molar-refractivity contribution is -0.125. The number of hydrogen-bond acceptors (Lipinski definition) is 4. The highest BCUT2D eigenvalue weighted by atomic mass is 16.2. The van der Waals surface area contributed by atoms with Gasteiger partial charge in [0.2, 0.25) is 11.8 Å². The Labute approximate surface area is 120 Å². The van der Waals surface area contributed by atoms with Crippen LogP contribution in [0.5, 0.6) is 0 Å². The number of primary amides is 1. The molecule has 0 saturated heterocycles. The van der Waals surface area contributed by atoms with Crippen molar-refractivity contribution in [2.75, 3.05) is 13.1 Å². The standard InChI is InChI=1S/C8H18N6O2.C4H10/c9-5(2-1-3-13-8(11)12)7(16)14-4-6(10)15;1-4(2)3/h5H,1-4,9H2,(H2,10,15)(H,14,16)(H4,11,12,13);4H,1-3H3. The summed E-state index contributed by atoms with van der Waals surface area (Å²) in [5.41, 5.74) is 20.6. The Balaban J connectivity index is 0. The first-order valence-corrected chi connectivity index (χ1v) is 6.53. The molecule has 0 rings (SSSR count). The normalized spacial score (nSPS) is 11.1. The van der Waals surface area contributed by atoms with Gasteiger partial charge in [-0.3, -0.25) is 14.6 Å². The van der Waals surface area contributed by atoms with Gasteiger partial charge in [-0.2, -0.15) is 0 Å². The van der Waals surface area contributed by atoms with Crippen molar-refractivity contribution in [3.63, 3.8) is 0 Å². The van der Waals surface area contributed by atoms with Crippen LogP contribution in [0.15, 0.2) is 4.99 Å². The molecule has 20 heavy (non-hydrogen) atoms. The van der Waals surface area contributed by atoms with Crippen LogP contribution in [-0.2, 0) is 9.59 Å². The zero-order valence-electron chi connectivity index (χ0n) is 12.6. The molecule has 8 nitrogen and oxygen atoms in total. The van der Waals surface area contributed by atoms with E-state index >= 15 is 0 Å². The fourth-order valence-corrected chi connectivity index (χ4v) is 0.956. The second-order valence-corrected chi connectivity index (χ2v) is 4.97. The molecular weight excluding hydrogens is 260 g/mol. The van der Waals surface area contributed by atoms with Gasteiger partial charge in [0.1, 0.15) is 0 Å². The summed E-state index contributed by atoms with van der Waals surface area (Å²) in [6, 6.07) is -0.687. The molecule has 0 aromatic rings. The minimum Gasteiger partial charge on any atom is -0.370 e. The van der Waals surface area contributed by atoms with Crippen LogP contribution in [0.4, 0.5) is 0 Å². The molecule has 0 bridgehead atoms. The van der Waals surface area contributed by atoms with Crippen molar-refractivity contribution in [3.8, 4) is 0 Å². The van der Waals surface area contributed by atoms with Crippen molar-refractivity contribution < 1.29 is 9.59 Å². The fourth-order valence-electron chi connectivity index (χ4n) is 0.956. The highest BCUT2D eigenvalue weighted by Crippen LogP contribution is 1.95. The Morgan fingerprint density at radius 2 is 1.65 bits per heavy atom. The minimum atomic E-state index is -0.687. The lowest BCUT2D eigenvalue weighted by Crippen LogP contribution is -2.43. The predicted octanol–water partition coefficient (Wildman–Crippen LogP) is -1.37. The van der Waals surface area contributed by atoms with E-state index in [4.69, 9.17) is 22.9 Å². The molecule has 0 radical (unpaired) electrons.